The first kappa shape index (κ1) is 24.9. The van der Waals surface area contributed by atoms with Crippen LogP contribution < -0.4 is 0 Å². The highest BCUT2D eigenvalue weighted by Gasteiger charge is 2.60. The molecule has 0 N–H and O–H groups in total. The zero-order valence-electron chi connectivity index (χ0n) is 21.7. The molecule has 37 heavy (non-hydrogen) atoms. The summed E-state index contributed by atoms with van der Waals surface area (Å²) in [7, 11) is 0. The molecule has 0 unspecified atom stereocenters. The Hall–Kier alpha value is -2.36. The molecule has 3 aliphatic heterocycles. The van der Waals surface area contributed by atoms with Crippen LogP contribution in [0.15, 0.2) is 30.0 Å². The van der Waals surface area contributed by atoms with E-state index < -0.39 is 0 Å². The van der Waals surface area contributed by atoms with Crippen molar-refractivity contribution < 1.29 is 19.1 Å². The average Bonchev–Trinajstić information content (AvgIpc) is 3.26. The summed E-state index contributed by atoms with van der Waals surface area (Å²) in [6.45, 7) is 9.75. The van der Waals surface area contributed by atoms with E-state index in [0.717, 1.165) is 43.7 Å². The monoisotopic (exact) mass is 524 g/mol. The lowest BCUT2D eigenvalue weighted by atomic mass is 9.71. The standard InChI is InChI=1S/C28H36N4O4S/c1-27(2)10-22(27)25(33)32-16-28(17-32)15-31(26(34)24-11-29-18-37-24)12-21(28)14-36-13-19-3-6-30-23(9-19)20-4-7-35-8-5-20/h3,6,9,11,18,20-22H,4-5,7-8,10,12-17H2,1-2H3/t21-,22+/m0/s1. The molecular formula is C28H36N4O4S. The molecule has 198 valence electrons. The van der Waals surface area contributed by atoms with E-state index in [1.807, 2.05) is 22.1 Å². The van der Waals surface area contributed by atoms with Crippen LogP contribution in [0.3, 0.4) is 0 Å². The summed E-state index contributed by atoms with van der Waals surface area (Å²) < 4.78 is 11.8. The van der Waals surface area contributed by atoms with Gasteiger partial charge in [-0.2, -0.15) is 0 Å². The molecule has 2 atom stereocenters. The third-order valence-electron chi connectivity index (χ3n) is 8.95. The topological polar surface area (TPSA) is 84.9 Å². The predicted molar refractivity (Wildman–Crippen MR) is 139 cm³/mol. The van der Waals surface area contributed by atoms with Crippen molar-refractivity contribution in [3.05, 3.63) is 46.2 Å². The molecule has 1 saturated carbocycles. The van der Waals surface area contributed by atoms with Crippen LogP contribution in [-0.4, -0.2) is 77.6 Å². The summed E-state index contributed by atoms with van der Waals surface area (Å²) in [4.78, 5) is 39.5. The molecule has 6 rings (SSSR count). The summed E-state index contributed by atoms with van der Waals surface area (Å²) in [5.41, 5.74) is 3.98. The quantitative estimate of drug-likeness (QED) is 0.550. The largest absolute Gasteiger partial charge is 0.381 e. The molecule has 1 spiro atoms. The first-order valence-corrected chi connectivity index (χ1v) is 14.3. The number of hydrogen-bond acceptors (Lipinski definition) is 7. The number of rotatable bonds is 7. The number of nitrogens with zero attached hydrogens (tertiary/aromatic N) is 4. The van der Waals surface area contributed by atoms with Gasteiger partial charge in [0.25, 0.3) is 5.91 Å². The van der Waals surface area contributed by atoms with Crippen molar-refractivity contribution in [2.24, 2.45) is 22.7 Å². The zero-order chi connectivity index (χ0) is 25.6. The van der Waals surface area contributed by atoms with E-state index in [1.165, 1.54) is 11.3 Å². The molecule has 1 aliphatic carbocycles. The van der Waals surface area contributed by atoms with E-state index >= 15 is 0 Å². The lowest BCUT2D eigenvalue weighted by molar-refractivity contribution is -0.148. The second kappa shape index (κ2) is 9.75. The molecule has 8 nitrogen and oxygen atoms in total. The summed E-state index contributed by atoms with van der Waals surface area (Å²) in [6.07, 6.45) is 6.52. The van der Waals surface area contributed by atoms with Crippen molar-refractivity contribution in [2.75, 3.05) is 46.0 Å². The normalized spacial score (nSPS) is 26.3. The van der Waals surface area contributed by atoms with E-state index in [2.05, 4.69) is 29.9 Å². The Kier molecular flexibility index (Phi) is 6.57. The molecule has 0 aromatic carbocycles. The lowest BCUT2D eigenvalue weighted by Crippen LogP contribution is -2.63. The number of pyridine rings is 1. The number of likely N-dealkylation sites (tertiary alicyclic amines) is 2. The molecule has 2 aromatic heterocycles. The van der Waals surface area contributed by atoms with Gasteiger partial charge >= 0.3 is 0 Å². The Morgan fingerprint density at radius 1 is 1.19 bits per heavy atom. The molecule has 9 heteroatoms. The molecule has 2 amide bonds. The average molecular weight is 525 g/mol. The van der Waals surface area contributed by atoms with Gasteiger partial charge in [-0.05, 0) is 42.4 Å². The number of aromatic nitrogens is 2. The van der Waals surface area contributed by atoms with Gasteiger partial charge in [0, 0.05) is 74.5 Å². The smallest absolute Gasteiger partial charge is 0.265 e. The van der Waals surface area contributed by atoms with E-state index in [9.17, 15) is 9.59 Å². The van der Waals surface area contributed by atoms with Crippen molar-refractivity contribution in [2.45, 2.75) is 45.6 Å². The zero-order valence-corrected chi connectivity index (χ0v) is 22.5. The van der Waals surface area contributed by atoms with E-state index in [-0.39, 0.29) is 34.5 Å². The van der Waals surface area contributed by atoms with E-state index in [1.54, 1.807) is 11.7 Å². The molecule has 0 bridgehead atoms. The van der Waals surface area contributed by atoms with Gasteiger partial charge in [0.2, 0.25) is 5.91 Å². The van der Waals surface area contributed by atoms with Crippen molar-refractivity contribution >= 4 is 23.2 Å². The van der Waals surface area contributed by atoms with Crippen LogP contribution in [-0.2, 0) is 20.9 Å². The van der Waals surface area contributed by atoms with Gasteiger partial charge in [-0.1, -0.05) is 13.8 Å². The highest BCUT2D eigenvalue weighted by atomic mass is 32.1. The Morgan fingerprint density at radius 3 is 2.65 bits per heavy atom. The Balaban J connectivity index is 1.10. The van der Waals surface area contributed by atoms with Gasteiger partial charge in [-0.15, -0.1) is 11.3 Å². The summed E-state index contributed by atoms with van der Waals surface area (Å²) in [6, 6.07) is 4.19. The van der Waals surface area contributed by atoms with Crippen LogP contribution in [0.5, 0.6) is 0 Å². The SMILES string of the molecule is CC1(C)C[C@@H]1C(=O)N1CC2(CN(C(=O)c3cncs3)C[C@H]2COCc2ccnc(C3CCOCC3)c2)C1. The fourth-order valence-electron chi connectivity index (χ4n) is 6.35. The second-order valence-electron chi connectivity index (χ2n) is 12.0. The Morgan fingerprint density at radius 2 is 1.95 bits per heavy atom. The highest BCUT2D eigenvalue weighted by Crippen LogP contribution is 2.54. The maximum absolute atomic E-state index is 13.1. The molecule has 3 saturated heterocycles. The molecular weight excluding hydrogens is 488 g/mol. The predicted octanol–water partition coefficient (Wildman–Crippen LogP) is 3.60. The van der Waals surface area contributed by atoms with Crippen molar-refractivity contribution in [3.8, 4) is 0 Å². The Bertz CT molecular complexity index is 1140. The summed E-state index contributed by atoms with van der Waals surface area (Å²) >= 11 is 1.38. The van der Waals surface area contributed by atoms with E-state index in [4.69, 9.17) is 9.47 Å². The minimum absolute atomic E-state index is 0.0349. The van der Waals surface area contributed by atoms with Gasteiger partial charge in [-0.25, -0.2) is 0 Å². The molecule has 0 radical (unpaired) electrons. The first-order chi connectivity index (χ1) is 17.8. The summed E-state index contributed by atoms with van der Waals surface area (Å²) in [5, 5.41) is 0. The van der Waals surface area contributed by atoms with Crippen molar-refractivity contribution in [1.29, 1.82) is 0 Å². The molecule has 4 aliphatic rings. The third kappa shape index (κ3) is 4.93. The van der Waals surface area contributed by atoms with Gasteiger partial charge < -0.3 is 19.3 Å². The molecule has 5 heterocycles. The van der Waals surface area contributed by atoms with Crippen LogP contribution in [0.4, 0.5) is 0 Å². The van der Waals surface area contributed by atoms with Crippen LogP contribution >= 0.6 is 11.3 Å². The maximum Gasteiger partial charge on any atom is 0.265 e. The number of ether oxygens (including phenoxy) is 2. The van der Waals surface area contributed by atoms with E-state index in [0.29, 0.717) is 50.2 Å². The van der Waals surface area contributed by atoms with Crippen molar-refractivity contribution in [3.63, 3.8) is 0 Å². The summed E-state index contributed by atoms with van der Waals surface area (Å²) in [5.74, 6) is 1.10. The first-order valence-electron chi connectivity index (χ1n) is 13.4. The van der Waals surface area contributed by atoms with Gasteiger partial charge in [0.15, 0.2) is 0 Å². The lowest BCUT2D eigenvalue weighted by Gasteiger charge is -2.51. The molecule has 2 aromatic rings. The number of hydrogen-bond donors (Lipinski definition) is 0. The second-order valence-corrected chi connectivity index (χ2v) is 12.9. The van der Waals surface area contributed by atoms with Gasteiger partial charge in [-0.3, -0.25) is 19.6 Å². The minimum atomic E-state index is -0.0967. The van der Waals surface area contributed by atoms with Gasteiger partial charge in [0.1, 0.15) is 4.88 Å². The number of carbonyl (C=O) groups excluding carboxylic acids is 2. The van der Waals surface area contributed by atoms with Crippen molar-refractivity contribution in [1.82, 2.24) is 19.8 Å². The fraction of sp³-hybridized carbons (Fsp3) is 0.643. The van der Waals surface area contributed by atoms with Crippen LogP contribution in [0.2, 0.25) is 0 Å². The number of thiazole rings is 1. The number of amides is 2. The number of carbonyl (C=O) groups is 2. The minimum Gasteiger partial charge on any atom is -0.381 e. The van der Waals surface area contributed by atoms with Crippen LogP contribution in [0, 0.1) is 22.7 Å². The third-order valence-corrected chi connectivity index (χ3v) is 9.71. The van der Waals surface area contributed by atoms with Gasteiger partial charge in [0.05, 0.1) is 24.9 Å². The molecule has 4 fully saturated rings. The highest BCUT2D eigenvalue weighted by molar-refractivity contribution is 7.11. The Labute approximate surface area is 222 Å². The maximum atomic E-state index is 13.1. The van der Waals surface area contributed by atoms with Crippen LogP contribution in [0.25, 0.3) is 0 Å². The van der Waals surface area contributed by atoms with Crippen LogP contribution in [0.1, 0.15) is 60.0 Å². The fourth-order valence-corrected chi connectivity index (χ4v) is 6.94.